The summed E-state index contributed by atoms with van der Waals surface area (Å²) in [6, 6.07) is 15.4. The third kappa shape index (κ3) is 4.48. The Kier molecular flexibility index (Phi) is 6.30. The quantitative estimate of drug-likeness (QED) is 0.344. The van der Waals surface area contributed by atoms with E-state index in [4.69, 9.17) is 0 Å². The Bertz CT molecular complexity index is 1580. The molecule has 4 aromatic rings. The maximum atomic E-state index is 15.2. The van der Waals surface area contributed by atoms with E-state index in [1.165, 1.54) is 6.07 Å². The molecule has 36 heavy (non-hydrogen) atoms. The maximum absolute atomic E-state index is 15.2. The standard InChI is InChI=1S/C27H24FN5O3/c1-2-29-27(36)31-25-13-16-8-7-15(11-23(16)30-25)21-9-17(18(14-34)10-22(21)28)12-24-19-5-3-4-6-20(19)26(35)33-32-24/h3-11,34H,2,12-14H2,1H3,(H,33,35)(H2,29,30,31,36). The van der Waals surface area contributed by atoms with Crippen LogP contribution in [0.4, 0.5) is 14.9 Å². The molecule has 4 N–H and O–H groups in total. The summed E-state index contributed by atoms with van der Waals surface area (Å²) in [6.45, 7) is 2.00. The SMILES string of the molecule is CCNC(=O)NC1=Nc2cc(-c3cc(Cc4n[nH]c(=O)c5ccccc45)c(CO)cc3F)ccc2C1. The van der Waals surface area contributed by atoms with Gasteiger partial charge in [-0.15, -0.1) is 0 Å². The minimum absolute atomic E-state index is 0.281. The molecule has 0 bridgehead atoms. The minimum Gasteiger partial charge on any atom is -0.392 e. The molecule has 3 aromatic carbocycles. The molecule has 0 spiro atoms. The van der Waals surface area contributed by atoms with Gasteiger partial charge in [-0.25, -0.2) is 19.3 Å². The zero-order valence-electron chi connectivity index (χ0n) is 19.6. The fraction of sp³-hybridized carbons (Fsp3) is 0.185. The van der Waals surface area contributed by atoms with Crippen LogP contribution in [0.5, 0.6) is 0 Å². The van der Waals surface area contributed by atoms with Crippen molar-refractivity contribution in [3.8, 4) is 11.1 Å². The van der Waals surface area contributed by atoms with Crippen molar-refractivity contribution in [2.75, 3.05) is 6.54 Å². The molecule has 9 heteroatoms. The number of amides is 2. The van der Waals surface area contributed by atoms with E-state index in [9.17, 15) is 14.7 Å². The zero-order chi connectivity index (χ0) is 25.2. The number of nitrogens with one attached hydrogen (secondary N) is 3. The van der Waals surface area contributed by atoms with E-state index in [-0.39, 0.29) is 18.2 Å². The number of halogens is 1. The van der Waals surface area contributed by atoms with Crippen molar-refractivity contribution in [3.63, 3.8) is 0 Å². The van der Waals surface area contributed by atoms with E-state index >= 15 is 4.39 Å². The zero-order valence-corrected chi connectivity index (χ0v) is 19.6. The van der Waals surface area contributed by atoms with Gasteiger partial charge in [-0.05, 0) is 53.4 Å². The minimum atomic E-state index is -0.468. The van der Waals surface area contributed by atoms with Gasteiger partial charge in [0, 0.05) is 30.3 Å². The highest BCUT2D eigenvalue weighted by Crippen LogP contribution is 2.34. The van der Waals surface area contributed by atoms with Crippen LogP contribution in [0, 0.1) is 5.82 Å². The first-order valence-corrected chi connectivity index (χ1v) is 11.6. The predicted octanol–water partition coefficient (Wildman–Crippen LogP) is 3.72. The lowest BCUT2D eigenvalue weighted by atomic mass is 9.94. The van der Waals surface area contributed by atoms with Crippen molar-refractivity contribution in [2.24, 2.45) is 4.99 Å². The van der Waals surface area contributed by atoms with Crippen molar-refractivity contribution in [1.82, 2.24) is 20.8 Å². The number of urea groups is 1. The Hall–Kier alpha value is -4.37. The van der Waals surface area contributed by atoms with Gasteiger partial charge in [0.2, 0.25) is 0 Å². The summed E-state index contributed by atoms with van der Waals surface area (Å²) in [7, 11) is 0. The van der Waals surface area contributed by atoms with Gasteiger partial charge in [0.25, 0.3) is 5.56 Å². The van der Waals surface area contributed by atoms with Crippen molar-refractivity contribution in [2.45, 2.75) is 26.4 Å². The van der Waals surface area contributed by atoms with Crippen LogP contribution in [0.1, 0.15) is 29.3 Å². The number of aliphatic imine (C=N–C) groups is 1. The molecule has 2 heterocycles. The van der Waals surface area contributed by atoms with E-state index < -0.39 is 5.82 Å². The molecule has 182 valence electrons. The van der Waals surface area contributed by atoms with Crippen molar-refractivity contribution in [3.05, 3.63) is 93.2 Å². The van der Waals surface area contributed by atoms with Crippen LogP contribution in [0.2, 0.25) is 0 Å². The lowest BCUT2D eigenvalue weighted by Crippen LogP contribution is -2.39. The predicted molar refractivity (Wildman–Crippen MR) is 136 cm³/mol. The topological polar surface area (TPSA) is 119 Å². The lowest BCUT2D eigenvalue weighted by molar-refractivity contribution is 0.245. The number of aliphatic hydroxyl groups is 1. The summed E-state index contributed by atoms with van der Waals surface area (Å²) >= 11 is 0. The second kappa shape index (κ2) is 9.71. The fourth-order valence-corrected chi connectivity index (χ4v) is 4.44. The van der Waals surface area contributed by atoms with Crippen LogP contribution >= 0.6 is 0 Å². The van der Waals surface area contributed by atoms with Gasteiger partial charge < -0.3 is 10.4 Å². The summed E-state index contributed by atoms with van der Waals surface area (Å²) < 4.78 is 15.2. The number of nitrogens with zero attached hydrogens (tertiary/aromatic N) is 2. The molecular formula is C27H24FN5O3. The molecule has 1 aliphatic rings. The molecule has 0 saturated carbocycles. The molecule has 1 aromatic heterocycles. The first-order chi connectivity index (χ1) is 17.5. The average Bonchev–Trinajstić information content (AvgIpc) is 3.28. The number of rotatable bonds is 5. The largest absolute Gasteiger partial charge is 0.392 e. The van der Waals surface area contributed by atoms with E-state index in [0.29, 0.717) is 69.6 Å². The normalized spacial score (nSPS) is 12.4. The molecule has 1 aliphatic heterocycles. The number of aromatic amines is 1. The van der Waals surface area contributed by atoms with Crippen LogP contribution in [0.15, 0.2) is 64.4 Å². The van der Waals surface area contributed by atoms with Gasteiger partial charge in [0.15, 0.2) is 0 Å². The Morgan fingerprint density at radius 1 is 1.11 bits per heavy atom. The summed E-state index contributed by atoms with van der Waals surface area (Å²) in [5, 5.41) is 23.3. The van der Waals surface area contributed by atoms with Crippen LogP contribution in [-0.4, -0.2) is 33.7 Å². The number of H-pyrrole nitrogens is 1. The van der Waals surface area contributed by atoms with Gasteiger partial charge in [-0.2, -0.15) is 5.10 Å². The van der Waals surface area contributed by atoms with E-state index in [1.54, 1.807) is 24.3 Å². The van der Waals surface area contributed by atoms with Crippen molar-refractivity contribution < 1.29 is 14.3 Å². The first kappa shape index (κ1) is 23.4. The molecule has 0 atom stereocenters. The van der Waals surface area contributed by atoms with Crippen LogP contribution in [0.3, 0.4) is 0 Å². The number of amidine groups is 1. The number of carbonyl (C=O) groups is 1. The molecular weight excluding hydrogens is 461 g/mol. The van der Waals surface area contributed by atoms with Gasteiger partial charge in [-0.3, -0.25) is 10.1 Å². The third-order valence-corrected chi connectivity index (χ3v) is 6.20. The number of hydrogen-bond donors (Lipinski definition) is 4. The highest BCUT2D eigenvalue weighted by molar-refractivity contribution is 6.02. The Morgan fingerprint density at radius 3 is 2.69 bits per heavy atom. The van der Waals surface area contributed by atoms with Crippen molar-refractivity contribution >= 4 is 28.3 Å². The summed E-state index contributed by atoms with van der Waals surface area (Å²) in [6.07, 6.45) is 0.777. The van der Waals surface area contributed by atoms with Crippen LogP contribution < -0.4 is 16.2 Å². The fourth-order valence-electron chi connectivity index (χ4n) is 4.44. The summed E-state index contributed by atoms with van der Waals surface area (Å²) in [5.74, 6) is 0.0607. The molecule has 0 fully saturated rings. The highest BCUT2D eigenvalue weighted by atomic mass is 19.1. The van der Waals surface area contributed by atoms with Crippen LogP contribution in [-0.2, 0) is 19.4 Å². The number of benzene rings is 3. The van der Waals surface area contributed by atoms with Gasteiger partial charge in [-0.1, -0.05) is 30.3 Å². The maximum Gasteiger partial charge on any atom is 0.320 e. The first-order valence-electron chi connectivity index (χ1n) is 11.6. The van der Waals surface area contributed by atoms with Crippen LogP contribution in [0.25, 0.3) is 21.9 Å². The lowest BCUT2D eigenvalue weighted by Gasteiger charge is -2.13. The Morgan fingerprint density at radius 2 is 1.92 bits per heavy atom. The second-order valence-corrected chi connectivity index (χ2v) is 8.54. The molecule has 2 amide bonds. The summed E-state index contributed by atoms with van der Waals surface area (Å²) in [4.78, 5) is 28.5. The molecule has 5 rings (SSSR count). The summed E-state index contributed by atoms with van der Waals surface area (Å²) in [5.41, 5.74) is 4.07. The number of aromatic nitrogens is 2. The Balaban J connectivity index is 1.51. The van der Waals surface area contributed by atoms with Gasteiger partial charge in [0.1, 0.15) is 11.7 Å². The third-order valence-electron chi connectivity index (χ3n) is 6.20. The smallest absolute Gasteiger partial charge is 0.320 e. The Labute approximate surface area is 205 Å². The molecule has 8 nitrogen and oxygen atoms in total. The monoisotopic (exact) mass is 485 g/mol. The highest BCUT2D eigenvalue weighted by Gasteiger charge is 2.19. The van der Waals surface area contributed by atoms with E-state index in [1.807, 2.05) is 31.2 Å². The number of hydrogen-bond acceptors (Lipinski definition) is 5. The van der Waals surface area contributed by atoms with E-state index in [0.717, 1.165) is 5.56 Å². The molecule has 0 aliphatic carbocycles. The van der Waals surface area contributed by atoms with Gasteiger partial charge >= 0.3 is 6.03 Å². The number of aliphatic hydroxyl groups excluding tert-OH is 1. The second-order valence-electron chi connectivity index (χ2n) is 8.54. The van der Waals surface area contributed by atoms with E-state index in [2.05, 4.69) is 25.8 Å². The molecule has 0 radical (unpaired) electrons. The van der Waals surface area contributed by atoms with Gasteiger partial charge in [0.05, 0.1) is 23.4 Å². The molecule has 0 saturated heterocycles. The number of fused-ring (bicyclic) bond motifs is 2. The molecule has 0 unspecified atom stereocenters. The van der Waals surface area contributed by atoms with Crippen molar-refractivity contribution in [1.29, 1.82) is 0 Å². The number of carbonyl (C=O) groups excluding carboxylic acids is 1. The average molecular weight is 486 g/mol.